The van der Waals surface area contributed by atoms with E-state index < -0.39 is 0 Å². The van der Waals surface area contributed by atoms with Crippen molar-refractivity contribution in [2.75, 3.05) is 11.9 Å². The molecule has 0 unspecified atom stereocenters. The lowest BCUT2D eigenvalue weighted by Gasteiger charge is -2.20. The van der Waals surface area contributed by atoms with Crippen molar-refractivity contribution in [1.29, 1.82) is 0 Å². The third-order valence-electron chi connectivity index (χ3n) is 3.81. The van der Waals surface area contributed by atoms with E-state index in [1.165, 1.54) is 11.0 Å². The Hall–Kier alpha value is -2.25. The average molecular weight is 262 g/mol. The van der Waals surface area contributed by atoms with Gasteiger partial charge < -0.3 is 9.55 Å². The molecule has 0 saturated carbocycles. The molecule has 0 spiro atoms. The quantitative estimate of drug-likeness (QED) is 0.609. The molecule has 0 fully saturated rings. The van der Waals surface area contributed by atoms with Crippen LogP contribution in [0.5, 0.6) is 0 Å². The molecule has 0 atom stereocenters. The van der Waals surface area contributed by atoms with Gasteiger partial charge in [-0.15, -0.1) is 0 Å². The highest BCUT2D eigenvalue weighted by Crippen LogP contribution is 2.27. The lowest BCUT2D eigenvalue weighted by Crippen LogP contribution is -2.24. The molecule has 0 saturated heterocycles. The minimum Gasteiger partial charge on any atom is -0.427 e. The summed E-state index contributed by atoms with van der Waals surface area (Å²) in [5, 5.41) is 0. The van der Waals surface area contributed by atoms with Gasteiger partial charge in [-0.3, -0.25) is 0 Å². The van der Waals surface area contributed by atoms with Crippen LogP contribution in [0.3, 0.4) is 0 Å². The molecule has 0 radical (unpaired) electrons. The number of rotatable bonds is 2. The summed E-state index contributed by atoms with van der Waals surface area (Å²) in [7, 11) is 2.04. The van der Waals surface area contributed by atoms with Gasteiger partial charge in [0, 0.05) is 18.4 Å². The summed E-state index contributed by atoms with van der Waals surface area (Å²) >= 11 is 0. The highest BCUT2D eigenvalue weighted by Gasteiger charge is 2.23. The zero-order chi connectivity index (χ0) is 14.1. The van der Waals surface area contributed by atoms with Crippen LogP contribution in [0.4, 0.5) is 17.1 Å². The maximum Gasteiger partial charge on any atom is 0.324 e. The molecule has 0 N–H and O–H groups in total. The maximum atomic E-state index is 6.99. The minimum atomic E-state index is 0.197. The second-order valence-corrected chi connectivity index (χ2v) is 5.02. The fraction of sp³-hybridized carbons (Fsp3) is 0.188. The van der Waals surface area contributed by atoms with Crippen LogP contribution in [-0.2, 0) is 11.3 Å². The molecule has 3 nitrogen and oxygen atoms in total. The van der Waals surface area contributed by atoms with Gasteiger partial charge in [0.05, 0.1) is 13.2 Å². The highest BCUT2D eigenvalue weighted by atomic mass is 16.4. The van der Waals surface area contributed by atoms with Crippen molar-refractivity contribution in [3.8, 4) is 0 Å². The van der Waals surface area contributed by atoms with Gasteiger partial charge in [-0.25, -0.2) is 4.85 Å². The summed E-state index contributed by atoms with van der Waals surface area (Å²) in [5.41, 5.74) is 5.42. The van der Waals surface area contributed by atoms with E-state index in [0.717, 1.165) is 11.4 Å². The average Bonchev–Trinajstić information content (AvgIpc) is 2.87. The largest absolute Gasteiger partial charge is 0.427 e. The molecule has 3 rings (SSSR count). The molecule has 2 aromatic carbocycles. The third-order valence-corrected chi connectivity index (χ3v) is 3.81. The molecule has 20 heavy (non-hydrogen) atoms. The predicted molar refractivity (Wildman–Crippen MR) is 83.3 cm³/mol. The van der Waals surface area contributed by atoms with E-state index >= 15 is 0 Å². The number of hydrogen-bond donors (Lipinski definition) is 0. The van der Waals surface area contributed by atoms with E-state index in [1.54, 1.807) is 0 Å². The van der Waals surface area contributed by atoms with Gasteiger partial charge in [0.15, 0.2) is 5.69 Å². The highest BCUT2D eigenvalue weighted by molar-refractivity contribution is 6.67. The number of fused-ring (bicyclic) bond motifs is 1. The van der Waals surface area contributed by atoms with Crippen LogP contribution in [0, 0.1) is 6.57 Å². The Morgan fingerprint density at radius 2 is 1.85 bits per heavy atom. The van der Waals surface area contributed by atoms with E-state index in [-0.39, 0.29) is 6.92 Å². The Balaban J connectivity index is 1.90. The first-order valence-corrected chi connectivity index (χ1v) is 6.64. The first kappa shape index (κ1) is 12.8. The molecular formula is C16H15BN2O. The van der Waals surface area contributed by atoms with Gasteiger partial charge in [0.2, 0.25) is 0 Å². The summed E-state index contributed by atoms with van der Waals surface area (Å²) in [6, 6.07) is 14.1. The summed E-state index contributed by atoms with van der Waals surface area (Å²) in [4.78, 5) is 5.54. The molecule has 1 aliphatic rings. The summed E-state index contributed by atoms with van der Waals surface area (Å²) in [6.07, 6.45) is 0. The van der Waals surface area contributed by atoms with Gasteiger partial charge in [0.25, 0.3) is 0 Å². The SMILES string of the molecule is [C-]#[N+]c1ccc(N(C)c2ccc3c(c2)COB3C)cc1. The van der Waals surface area contributed by atoms with Gasteiger partial charge in [-0.05, 0) is 35.3 Å². The van der Waals surface area contributed by atoms with Crippen LogP contribution < -0.4 is 10.4 Å². The summed E-state index contributed by atoms with van der Waals surface area (Å²) in [5.74, 6) is 0. The predicted octanol–water partition coefficient (Wildman–Crippen LogP) is 3.36. The molecule has 0 aliphatic carbocycles. The van der Waals surface area contributed by atoms with E-state index in [9.17, 15) is 0 Å². The fourth-order valence-corrected chi connectivity index (χ4v) is 2.53. The van der Waals surface area contributed by atoms with Crippen molar-refractivity contribution in [3.05, 3.63) is 59.4 Å². The van der Waals surface area contributed by atoms with Crippen LogP contribution >= 0.6 is 0 Å². The van der Waals surface area contributed by atoms with Crippen LogP contribution in [0.25, 0.3) is 4.85 Å². The Bertz CT molecular complexity index is 676. The van der Waals surface area contributed by atoms with Crippen LogP contribution in [0.2, 0.25) is 6.82 Å². The lowest BCUT2D eigenvalue weighted by atomic mass is 9.64. The first-order valence-electron chi connectivity index (χ1n) is 6.64. The Kier molecular flexibility index (Phi) is 3.21. The Morgan fingerprint density at radius 3 is 2.55 bits per heavy atom. The summed E-state index contributed by atoms with van der Waals surface area (Å²) in [6.45, 7) is 9.95. The van der Waals surface area contributed by atoms with E-state index in [1.807, 2.05) is 31.3 Å². The number of hydrogen-bond acceptors (Lipinski definition) is 2. The van der Waals surface area contributed by atoms with Crippen molar-refractivity contribution in [3.63, 3.8) is 0 Å². The molecule has 0 aromatic heterocycles. The van der Waals surface area contributed by atoms with Gasteiger partial charge in [0.1, 0.15) is 0 Å². The first-order chi connectivity index (χ1) is 9.69. The molecule has 0 bridgehead atoms. The van der Waals surface area contributed by atoms with E-state index in [4.69, 9.17) is 11.2 Å². The molecule has 98 valence electrons. The summed E-state index contributed by atoms with van der Waals surface area (Å²) < 4.78 is 5.64. The zero-order valence-electron chi connectivity index (χ0n) is 11.6. The number of nitrogens with zero attached hydrogens (tertiary/aromatic N) is 2. The lowest BCUT2D eigenvalue weighted by molar-refractivity contribution is 0.333. The molecule has 1 heterocycles. The normalized spacial score (nSPS) is 12.9. The smallest absolute Gasteiger partial charge is 0.324 e. The fourth-order valence-electron chi connectivity index (χ4n) is 2.53. The van der Waals surface area contributed by atoms with Crippen LogP contribution in [-0.4, -0.2) is 14.0 Å². The van der Waals surface area contributed by atoms with E-state index in [2.05, 4.69) is 34.8 Å². The van der Waals surface area contributed by atoms with Gasteiger partial charge in [-0.2, -0.15) is 0 Å². The second-order valence-electron chi connectivity index (χ2n) is 5.02. The second kappa shape index (κ2) is 5.03. The van der Waals surface area contributed by atoms with Gasteiger partial charge >= 0.3 is 6.92 Å². The zero-order valence-corrected chi connectivity index (χ0v) is 11.6. The molecular weight excluding hydrogens is 247 g/mol. The monoisotopic (exact) mass is 262 g/mol. The van der Waals surface area contributed by atoms with Gasteiger partial charge in [-0.1, -0.05) is 25.0 Å². The third kappa shape index (κ3) is 2.17. The van der Waals surface area contributed by atoms with Crippen molar-refractivity contribution in [2.45, 2.75) is 13.4 Å². The Labute approximate surface area is 119 Å². The molecule has 0 amide bonds. The molecule has 1 aliphatic heterocycles. The number of anilines is 2. The van der Waals surface area contributed by atoms with Crippen molar-refractivity contribution < 1.29 is 4.65 Å². The topological polar surface area (TPSA) is 16.8 Å². The molecule has 2 aromatic rings. The van der Waals surface area contributed by atoms with Crippen molar-refractivity contribution >= 4 is 29.4 Å². The Morgan fingerprint density at radius 1 is 1.15 bits per heavy atom. The maximum absolute atomic E-state index is 6.99. The van der Waals surface area contributed by atoms with Crippen LogP contribution in [0.15, 0.2) is 42.5 Å². The number of benzene rings is 2. The van der Waals surface area contributed by atoms with Crippen molar-refractivity contribution in [1.82, 2.24) is 0 Å². The molecule has 4 heteroatoms. The standard InChI is InChI=1S/C16H15BN2O/c1-17-16-9-8-15(10-12(16)11-20-17)19(3)14-6-4-13(18-2)5-7-14/h4-10H,11H2,1,3H3. The van der Waals surface area contributed by atoms with Crippen molar-refractivity contribution in [2.24, 2.45) is 0 Å². The minimum absolute atomic E-state index is 0.197. The van der Waals surface area contributed by atoms with Crippen LogP contribution in [0.1, 0.15) is 5.56 Å². The van der Waals surface area contributed by atoms with E-state index in [0.29, 0.717) is 12.3 Å².